The lowest BCUT2D eigenvalue weighted by molar-refractivity contribution is 0.0977. The molecule has 0 saturated heterocycles. The van der Waals surface area contributed by atoms with Crippen LogP contribution in [-0.2, 0) is 0 Å². The van der Waals surface area contributed by atoms with Gasteiger partial charge in [0.05, 0.1) is 22.8 Å². The standard InChI is InChI=1S/C15H12Cl2N2O2S/c1-21-13-5-3-2-4-12(13)18-15(22)19-14(20)9-6-7-10(16)11(17)8-9/h2-8H,1H3,(H2,18,19,20,22). The van der Waals surface area contributed by atoms with Crippen molar-refractivity contribution in [2.75, 3.05) is 12.4 Å². The van der Waals surface area contributed by atoms with Crippen LogP contribution < -0.4 is 15.4 Å². The van der Waals surface area contributed by atoms with Crippen LogP contribution in [0, 0.1) is 0 Å². The normalized spacial score (nSPS) is 9.95. The predicted octanol–water partition coefficient (Wildman–Crippen LogP) is 4.13. The average molecular weight is 355 g/mol. The van der Waals surface area contributed by atoms with E-state index in [4.69, 9.17) is 40.2 Å². The van der Waals surface area contributed by atoms with Gasteiger partial charge in [-0.05, 0) is 42.5 Å². The second kappa shape index (κ2) is 7.45. The first kappa shape index (κ1) is 16.5. The van der Waals surface area contributed by atoms with E-state index in [-0.39, 0.29) is 11.0 Å². The van der Waals surface area contributed by atoms with Gasteiger partial charge in [-0.2, -0.15) is 0 Å². The molecule has 2 aromatic rings. The fourth-order valence-electron chi connectivity index (χ4n) is 1.71. The Hall–Kier alpha value is -1.82. The number of methoxy groups -OCH3 is 1. The number of rotatable bonds is 3. The maximum absolute atomic E-state index is 12.1. The van der Waals surface area contributed by atoms with Crippen molar-refractivity contribution in [3.63, 3.8) is 0 Å². The van der Waals surface area contributed by atoms with Crippen LogP contribution in [0.25, 0.3) is 0 Å². The molecule has 7 heteroatoms. The third-order valence-electron chi connectivity index (χ3n) is 2.76. The number of hydrogen-bond donors (Lipinski definition) is 2. The van der Waals surface area contributed by atoms with Gasteiger partial charge < -0.3 is 10.1 Å². The van der Waals surface area contributed by atoms with E-state index in [2.05, 4.69) is 10.6 Å². The number of benzene rings is 2. The third kappa shape index (κ3) is 4.10. The molecule has 0 saturated carbocycles. The van der Waals surface area contributed by atoms with Crippen LogP contribution in [0.1, 0.15) is 10.4 Å². The molecule has 2 N–H and O–H groups in total. The van der Waals surface area contributed by atoms with E-state index in [0.717, 1.165) is 0 Å². The summed E-state index contributed by atoms with van der Waals surface area (Å²) < 4.78 is 5.20. The summed E-state index contributed by atoms with van der Waals surface area (Å²) in [6, 6.07) is 11.8. The van der Waals surface area contributed by atoms with Gasteiger partial charge in [-0.1, -0.05) is 35.3 Å². The molecule has 2 rings (SSSR count). The van der Waals surface area contributed by atoms with E-state index in [0.29, 0.717) is 27.0 Å². The van der Waals surface area contributed by atoms with Gasteiger partial charge in [-0.15, -0.1) is 0 Å². The molecule has 0 spiro atoms. The number of halogens is 2. The number of ether oxygens (including phenoxy) is 1. The zero-order valence-electron chi connectivity index (χ0n) is 11.5. The lowest BCUT2D eigenvalue weighted by Gasteiger charge is -2.12. The van der Waals surface area contributed by atoms with Crippen molar-refractivity contribution in [2.24, 2.45) is 0 Å². The Labute approximate surface area is 143 Å². The maximum Gasteiger partial charge on any atom is 0.257 e. The van der Waals surface area contributed by atoms with Crippen LogP contribution in [0.3, 0.4) is 0 Å². The van der Waals surface area contributed by atoms with Gasteiger partial charge in [-0.3, -0.25) is 10.1 Å². The van der Waals surface area contributed by atoms with Gasteiger partial charge in [0.2, 0.25) is 0 Å². The molecule has 4 nitrogen and oxygen atoms in total. The summed E-state index contributed by atoms with van der Waals surface area (Å²) in [5, 5.41) is 6.31. The van der Waals surface area contributed by atoms with E-state index < -0.39 is 0 Å². The molecule has 0 unspecified atom stereocenters. The minimum atomic E-state index is -0.383. The van der Waals surface area contributed by atoms with Gasteiger partial charge in [0.25, 0.3) is 5.91 Å². The second-order valence-corrected chi connectivity index (χ2v) is 5.46. The number of hydrogen-bond acceptors (Lipinski definition) is 3. The zero-order valence-corrected chi connectivity index (χ0v) is 13.9. The molecule has 2 aromatic carbocycles. The van der Waals surface area contributed by atoms with Crippen molar-refractivity contribution in [3.8, 4) is 5.75 Å². The Balaban J connectivity index is 2.05. The van der Waals surface area contributed by atoms with Gasteiger partial charge in [-0.25, -0.2) is 0 Å². The van der Waals surface area contributed by atoms with Gasteiger partial charge in [0, 0.05) is 5.56 Å². The summed E-state index contributed by atoms with van der Waals surface area (Å²) >= 11 is 16.8. The van der Waals surface area contributed by atoms with Crippen molar-refractivity contribution in [1.29, 1.82) is 0 Å². The molecular weight excluding hydrogens is 343 g/mol. The van der Waals surface area contributed by atoms with E-state index in [1.807, 2.05) is 12.1 Å². The van der Waals surface area contributed by atoms with Crippen molar-refractivity contribution in [1.82, 2.24) is 5.32 Å². The second-order valence-electron chi connectivity index (χ2n) is 4.24. The fraction of sp³-hybridized carbons (Fsp3) is 0.0667. The highest BCUT2D eigenvalue weighted by molar-refractivity contribution is 7.80. The Morgan fingerprint density at radius 1 is 1.14 bits per heavy atom. The number of thiocarbonyl (C=S) groups is 1. The van der Waals surface area contributed by atoms with Gasteiger partial charge >= 0.3 is 0 Å². The number of anilines is 1. The Morgan fingerprint density at radius 3 is 2.55 bits per heavy atom. The summed E-state index contributed by atoms with van der Waals surface area (Å²) in [5.74, 6) is 0.236. The van der Waals surface area contributed by atoms with E-state index >= 15 is 0 Å². The van der Waals surface area contributed by atoms with Crippen LogP contribution in [0.5, 0.6) is 5.75 Å². The number of carbonyl (C=O) groups excluding carboxylic acids is 1. The highest BCUT2D eigenvalue weighted by atomic mass is 35.5. The first-order valence-corrected chi connectivity index (χ1v) is 7.38. The third-order valence-corrected chi connectivity index (χ3v) is 3.71. The topological polar surface area (TPSA) is 50.4 Å². The molecule has 0 aliphatic rings. The fourth-order valence-corrected chi connectivity index (χ4v) is 2.21. The van der Waals surface area contributed by atoms with E-state index in [1.54, 1.807) is 31.4 Å². The molecule has 0 aliphatic carbocycles. The molecule has 0 radical (unpaired) electrons. The molecule has 1 amide bonds. The average Bonchev–Trinajstić information content (AvgIpc) is 2.50. The predicted molar refractivity (Wildman–Crippen MR) is 93.1 cm³/mol. The van der Waals surface area contributed by atoms with Crippen molar-refractivity contribution in [3.05, 3.63) is 58.1 Å². The first-order valence-electron chi connectivity index (χ1n) is 6.21. The highest BCUT2D eigenvalue weighted by Gasteiger charge is 2.11. The van der Waals surface area contributed by atoms with E-state index in [9.17, 15) is 4.79 Å². The van der Waals surface area contributed by atoms with Gasteiger partial charge in [0.1, 0.15) is 5.75 Å². The van der Waals surface area contributed by atoms with Crippen molar-refractivity contribution >= 4 is 52.1 Å². The number of amides is 1. The quantitative estimate of drug-likeness (QED) is 0.813. The number of nitrogens with one attached hydrogen (secondary N) is 2. The van der Waals surface area contributed by atoms with Crippen molar-refractivity contribution < 1.29 is 9.53 Å². The Morgan fingerprint density at radius 2 is 1.86 bits per heavy atom. The zero-order chi connectivity index (χ0) is 16.1. The minimum absolute atomic E-state index is 0.153. The molecule has 0 bridgehead atoms. The minimum Gasteiger partial charge on any atom is -0.495 e. The Bertz CT molecular complexity index is 722. The van der Waals surface area contributed by atoms with E-state index in [1.165, 1.54) is 6.07 Å². The lowest BCUT2D eigenvalue weighted by Crippen LogP contribution is -2.34. The Kier molecular flexibility index (Phi) is 5.60. The van der Waals surface area contributed by atoms with Gasteiger partial charge in [0.15, 0.2) is 5.11 Å². The molecule has 0 aromatic heterocycles. The molecule has 0 heterocycles. The number of para-hydroxylation sites is 2. The largest absolute Gasteiger partial charge is 0.495 e. The monoisotopic (exact) mass is 354 g/mol. The molecule has 0 atom stereocenters. The first-order chi connectivity index (χ1) is 10.5. The number of carbonyl (C=O) groups is 1. The van der Waals surface area contributed by atoms with Crippen LogP contribution in [-0.4, -0.2) is 18.1 Å². The smallest absolute Gasteiger partial charge is 0.257 e. The molecule has 114 valence electrons. The summed E-state index contributed by atoms with van der Waals surface area (Å²) in [6.45, 7) is 0. The molecule has 0 fully saturated rings. The van der Waals surface area contributed by atoms with Crippen molar-refractivity contribution in [2.45, 2.75) is 0 Å². The summed E-state index contributed by atoms with van der Waals surface area (Å²) in [7, 11) is 1.55. The maximum atomic E-state index is 12.1. The summed E-state index contributed by atoms with van der Waals surface area (Å²) in [4.78, 5) is 12.1. The summed E-state index contributed by atoms with van der Waals surface area (Å²) in [6.07, 6.45) is 0. The SMILES string of the molecule is COc1ccccc1NC(=S)NC(=O)c1ccc(Cl)c(Cl)c1. The highest BCUT2D eigenvalue weighted by Crippen LogP contribution is 2.24. The van der Waals surface area contributed by atoms with Crippen LogP contribution >= 0.6 is 35.4 Å². The van der Waals surface area contributed by atoms with Crippen LogP contribution in [0.2, 0.25) is 10.0 Å². The molecule has 0 aliphatic heterocycles. The lowest BCUT2D eigenvalue weighted by atomic mass is 10.2. The van der Waals surface area contributed by atoms with Crippen LogP contribution in [0.15, 0.2) is 42.5 Å². The molecular formula is C15H12Cl2N2O2S. The molecule has 22 heavy (non-hydrogen) atoms. The summed E-state index contributed by atoms with van der Waals surface area (Å²) in [5.41, 5.74) is 1.02. The van der Waals surface area contributed by atoms with Crippen LogP contribution in [0.4, 0.5) is 5.69 Å².